The number of nitrogens with zero attached hydrogens (tertiary/aromatic N) is 1. The minimum Gasteiger partial charge on any atom is -0.298 e. The number of halogens is 4. The molecule has 0 bridgehead atoms. The number of carbonyl (C=O) groups is 1. The first kappa shape index (κ1) is 12.0. The van der Waals surface area contributed by atoms with Crippen LogP contribution in [0.5, 0.6) is 0 Å². The summed E-state index contributed by atoms with van der Waals surface area (Å²) < 4.78 is 25.2. The molecule has 0 unspecified atom stereocenters. The van der Waals surface area contributed by atoms with Crippen molar-refractivity contribution < 1.29 is 13.6 Å². The number of carbonyl (C=O) groups excluding carboxylic acids is 1. The molecule has 1 heterocycles. The third-order valence-electron chi connectivity index (χ3n) is 1.65. The summed E-state index contributed by atoms with van der Waals surface area (Å²) in [7, 11) is 0. The molecule has 0 saturated carbocycles. The van der Waals surface area contributed by atoms with Crippen molar-refractivity contribution >= 4 is 44.8 Å². The smallest absolute Gasteiger partial charge is 0.281 e. The summed E-state index contributed by atoms with van der Waals surface area (Å²) in [5.74, 6) is 0. The zero-order valence-corrected chi connectivity index (χ0v) is 10.5. The first-order valence-corrected chi connectivity index (χ1v) is 5.78. The number of hydrogen-bond acceptors (Lipinski definition) is 2. The molecule has 0 aliphatic carbocycles. The third-order valence-corrected chi connectivity index (χ3v) is 3.41. The second kappa shape index (κ2) is 5.11. The van der Waals surface area contributed by atoms with E-state index in [0.29, 0.717) is 26.3 Å². The normalized spacial score (nSPS) is 10.6. The minimum atomic E-state index is -2.61. The number of hydrogen-bond donors (Lipinski definition) is 0. The summed E-state index contributed by atoms with van der Waals surface area (Å²) >= 11 is 4.92. The molecule has 14 heavy (non-hydrogen) atoms. The SMILES string of the molecule is O=Cc1cnc(C(F)F)c(I)c1CBr. The molecule has 1 aromatic rings. The average Bonchev–Trinajstić information content (AvgIpc) is 2.16. The van der Waals surface area contributed by atoms with Gasteiger partial charge < -0.3 is 0 Å². The van der Waals surface area contributed by atoms with Crippen LogP contribution in [-0.4, -0.2) is 11.3 Å². The van der Waals surface area contributed by atoms with Gasteiger partial charge in [0, 0.05) is 20.7 Å². The molecule has 6 heteroatoms. The second-order valence-corrected chi connectivity index (χ2v) is 4.08. The van der Waals surface area contributed by atoms with Crippen LogP contribution in [0.1, 0.15) is 28.0 Å². The van der Waals surface area contributed by atoms with Gasteiger partial charge >= 0.3 is 0 Å². The van der Waals surface area contributed by atoms with Gasteiger partial charge in [-0.15, -0.1) is 0 Å². The van der Waals surface area contributed by atoms with Crippen LogP contribution in [-0.2, 0) is 5.33 Å². The maximum absolute atomic E-state index is 12.4. The molecule has 0 aromatic carbocycles. The maximum atomic E-state index is 12.4. The fourth-order valence-corrected chi connectivity index (χ4v) is 2.95. The first-order chi connectivity index (χ1) is 6.61. The Morgan fingerprint density at radius 2 is 2.29 bits per heavy atom. The molecule has 0 radical (unpaired) electrons. The van der Waals surface area contributed by atoms with Crippen LogP contribution in [0.4, 0.5) is 8.78 Å². The van der Waals surface area contributed by atoms with E-state index in [2.05, 4.69) is 20.9 Å². The van der Waals surface area contributed by atoms with E-state index in [1.165, 1.54) is 6.20 Å². The highest BCUT2D eigenvalue weighted by Crippen LogP contribution is 2.27. The van der Waals surface area contributed by atoms with E-state index in [4.69, 9.17) is 0 Å². The van der Waals surface area contributed by atoms with Crippen molar-refractivity contribution in [2.45, 2.75) is 11.8 Å². The Bertz CT molecular complexity index is 359. The Morgan fingerprint density at radius 1 is 1.64 bits per heavy atom. The molecule has 76 valence electrons. The Labute approximate surface area is 101 Å². The van der Waals surface area contributed by atoms with E-state index in [9.17, 15) is 13.6 Å². The number of aromatic nitrogens is 1. The van der Waals surface area contributed by atoms with E-state index >= 15 is 0 Å². The maximum Gasteiger partial charge on any atom is 0.281 e. The van der Waals surface area contributed by atoms with Gasteiger partial charge in [0.15, 0.2) is 6.29 Å². The number of aldehydes is 1. The fraction of sp³-hybridized carbons (Fsp3) is 0.250. The largest absolute Gasteiger partial charge is 0.298 e. The van der Waals surface area contributed by atoms with Gasteiger partial charge in [-0.2, -0.15) is 0 Å². The average molecular weight is 376 g/mol. The van der Waals surface area contributed by atoms with Crippen LogP contribution >= 0.6 is 38.5 Å². The Kier molecular flexibility index (Phi) is 4.36. The molecule has 0 saturated heterocycles. The van der Waals surface area contributed by atoms with Crippen molar-refractivity contribution in [3.05, 3.63) is 26.6 Å². The molecule has 0 amide bonds. The van der Waals surface area contributed by atoms with E-state index in [-0.39, 0.29) is 5.69 Å². The molecule has 2 nitrogen and oxygen atoms in total. The predicted octanol–water partition coefficient (Wildman–Crippen LogP) is 3.33. The Morgan fingerprint density at radius 3 is 2.71 bits per heavy atom. The summed E-state index contributed by atoms with van der Waals surface area (Å²) in [5.41, 5.74) is 0.632. The number of alkyl halides is 3. The molecule has 1 rings (SSSR count). The molecule has 0 atom stereocenters. The predicted molar refractivity (Wildman–Crippen MR) is 59.9 cm³/mol. The van der Waals surface area contributed by atoms with E-state index in [1.54, 1.807) is 22.6 Å². The summed E-state index contributed by atoms with van der Waals surface area (Å²) in [4.78, 5) is 14.1. The van der Waals surface area contributed by atoms with Crippen LogP contribution < -0.4 is 0 Å². The molecule has 0 spiro atoms. The topological polar surface area (TPSA) is 30.0 Å². The van der Waals surface area contributed by atoms with Crippen molar-refractivity contribution in [1.29, 1.82) is 0 Å². The van der Waals surface area contributed by atoms with Gasteiger partial charge in [0.1, 0.15) is 5.69 Å². The van der Waals surface area contributed by atoms with Crippen molar-refractivity contribution in [1.82, 2.24) is 4.98 Å². The van der Waals surface area contributed by atoms with Crippen LogP contribution in [0.3, 0.4) is 0 Å². The Balaban J connectivity index is 3.34. The van der Waals surface area contributed by atoms with Crippen LogP contribution in [0.2, 0.25) is 0 Å². The van der Waals surface area contributed by atoms with Gasteiger partial charge in [0.2, 0.25) is 0 Å². The molecule has 0 aliphatic rings. The minimum absolute atomic E-state index is 0.273. The van der Waals surface area contributed by atoms with Crippen molar-refractivity contribution in [3.63, 3.8) is 0 Å². The van der Waals surface area contributed by atoms with Gasteiger partial charge in [-0.1, -0.05) is 15.9 Å². The quantitative estimate of drug-likeness (QED) is 0.461. The standard InChI is InChI=1S/C8H5BrF2INO/c9-1-5-4(3-14)2-13-7(6(5)12)8(10)11/h2-3,8H,1H2. The van der Waals surface area contributed by atoms with Gasteiger partial charge in [0.05, 0.1) is 0 Å². The summed E-state index contributed by atoms with van der Waals surface area (Å²) in [6, 6.07) is 0. The Hall–Kier alpha value is -0.110. The highest BCUT2D eigenvalue weighted by molar-refractivity contribution is 14.1. The van der Waals surface area contributed by atoms with Crippen LogP contribution in [0.15, 0.2) is 6.20 Å². The van der Waals surface area contributed by atoms with Crippen molar-refractivity contribution in [3.8, 4) is 0 Å². The van der Waals surface area contributed by atoms with E-state index in [0.717, 1.165) is 0 Å². The van der Waals surface area contributed by atoms with Gasteiger partial charge in [-0.05, 0) is 28.2 Å². The molecular weight excluding hydrogens is 371 g/mol. The summed E-state index contributed by atoms with van der Waals surface area (Å²) in [5, 5.41) is 0.363. The molecule has 0 aliphatic heterocycles. The lowest BCUT2D eigenvalue weighted by Gasteiger charge is -2.08. The zero-order chi connectivity index (χ0) is 10.7. The van der Waals surface area contributed by atoms with Gasteiger partial charge in [-0.3, -0.25) is 9.78 Å². The van der Waals surface area contributed by atoms with Gasteiger partial charge in [-0.25, -0.2) is 8.78 Å². The van der Waals surface area contributed by atoms with Crippen molar-refractivity contribution in [2.75, 3.05) is 0 Å². The van der Waals surface area contributed by atoms with Gasteiger partial charge in [0.25, 0.3) is 6.43 Å². The summed E-state index contributed by atoms with van der Waals surface area (Å²) in [6.45, 7) is 0. The molecule has 0 N–H and O–H groups in total. The zero-order valence-electron chi connectivity index (χ0n) is 6.81. The summed E-state index contributed by atoms with van der Waals surface area (Å²) in [6.07, 6.45) is -0.825. The fourth-order valence-electron chi connectivity index (χ4n) is 0.945. The first-order valence-electron chi connectivity index (χ1n) is 3.58. The number of rotatable bonds is 3. The third kappa shape index (κ3) is 2.28. The highest BCUT2D eigenvalue weighted by atomic mass is 127. The second-order valence-electron chi connectivity index (χ2n) is 2.44. The van der Waals surface area contributed by atoms with E-state index in [1.807, 2.05) is 0 Å². The van der Waals surface area contributed by atoms with Crippen molar-refractivity contribution in [2.24, 2.45) is 0 Å². The molecule has 1 aromatic heterocycles. The number of pyridine rings is 1. The lowest BCUT2D eigenvalue weighted by Crippen LogP contribution is -2.02. The molecule has 0 fully saturated rings. The monoisotopic (exact) mass is 375 g/mol. The lowest BCUT2D eigenvalue weighted by atomic mass is 10.1. The van der Waals surface area contributed by atoms with Crippen LogP contribution in [0, 0.1) is 3.57 Å². The van der Waals surface area contributed by atoms with E-state index < -0.39 is 6.43 Å². The highest BCUT2D eigenvalue weighted by Gasteiger charge is 2.18. The molecular formula is C8H5BrF2INO. The van der Waals surface area contributed by atoms with Crippen LogP contribution in [0.25, 0.3) is 0 Å². The lowest BCUT2D eigenvalue weighted by molar-refractivity contribution is 0.112.